The number of rotatable bonds is 2. The van der Waals surface area contributed by atoms with Crippen molar-refractivity contribution in [2.45, 2.75) is 11.8 Å². The molecule has 5 heteroatoms. The minimum atomic E-state index is -3.46. The van der Waals surface area contributed by atoms with Crippen molar-refractivity contribution < 1.29 is 8.42 Å². The maximum absolute atomic E-state index is 12.0. The Hall–Kier alpha value is -1.62. The third kappa shape index (κ3) is 1.78. The largest absolute Gasteiger partial charge is 0.268 e. The summed E-state index contributed by atoms with van der Waals surface area (Å²) < 4.78 is 25.1. The highest BCUT2D eigenvalue weighted by molar-refractivity contribution is 7.90. The first-order valence-electron chi connectivity index (χ1n) is 4.42. The summed E-state index contributed by atoms with van der Waals surface area (Å²) in [6.45, 7) is 1.75. The molecule has 0 N–H and O–H groups in total. The molecule has 0 aliphatic heterocycles. The predicted octanol–water partition coefficient (Wildman–Crippen LogP) is 1.43. The lowest BCUT2D eigenvalue weighted by atomic mass is 10.4. The standard InChI is InChI=1S/C10H10N2O2S/c1-9-7-12(8-11-9)15(13,14)10-5-3-2-4-6-10/h2-8H,1H3. The number of hydrogen-bond acceptors (Lipinski definition) is 3. The summed E-state index contributed by atoms with van der Waals surface area (Å²) in [5.74, 6) is 0. The van der Waals surface area contributed by atoms with Gasteiger partial charge >= 0.3 is 0 Å². The van der Waals surface area contributed by atoms with Crippen LogP contribution >= 0.6 is 0 Å². The van der Waals surface area contributed by atoms with Crippen LogP contribution in [0.3, 0.4) is 0 Å². The first kappa shape index (κ1) is 9.92. The average molecular weight is 222 g/mol. The molecule has 2 aromatic rings. The minimum Gasteiger partial charge on any atom is -0.241 e. The molecule has 0 amide bonds. The van der Waals surface area contributed by atoms with Crippen LogP contribution in [0.5, 0.6) is 0 Å². The maximum Gasteiger partial charge on any atom is 0.268 e. The molecule has 1 heterocycles. The van der Waals surface area contributed by atoms with Gasteiger partial charge in [-0.15, -0.1) is 0 Å². The third-order valence-corrected chi connectivity index (χ3v) is 3.63. The molecule has 0 saturated carbocycles. The van der Waals surface area contributed by atoms with Gasteiger partial charge in [0.2, 0.25) is 0 Å². The van der Waals surface area contributed by atoms with Gasteiger partial charge in [-0.05, 0) is 19.1 Å². The van der Waals surface area contributed by atoms with Crippen LogP contribution in [0.2, 0.25) is 0 Å². The van der Waals surface area contributed by atoms with Crippen molar-refractivity contribution in [3.8, 4) is 0 Å². The van der Waals surface area contributed by atoms with Crippen molar-refractivity contribution in [2.24, 2.45) is 0 Å². The number of aryl methyl sites for hydroxylation is 1. The summed E-state index contributed by atoms with van der Waals surface area (Å²) >= 11 is 0. The van der Waals surface area contributed by atoms with Gasteiger partial charge in [0.1, 0.15) is 6.33 Å². The van der Waals surface area contributed by atoms with Crippen molar-refractivity contribution in [1.29, 1.82) is 0 Å². The molecule has 0 spiro atoms. The van der Waals surface area contributed by atoms with Gasteiger partial charge in [0.15, 0.2) is 0 Å². The number of imidazole rings is 1. The molecule has 0 aliphatic carbocycles. The number of benzene rings is 1. The molecule has 78 valence electrons. The lowest BCUT2D eigenvalue weighted by molar-refractivity contribution is 0.587. The summed E-state index contributed by atoms with van der Waals surface area (Å²) in [5.41, 5.74) is 0.675. The van der Waals surface area contributed by atoms with E-state index in [4.69, 9.17) is 0 Å². The Morgan fingerprint density at radius 3 is 2.40 bits per heavy atom. The van der Waals surface area contributed by atoms with Crippen molar-refractivity contribution in [2.75, 3.05) is 0 Å². The zero-order chi connectivity index (χ0) is 10.9. The molecule has 0 fully saturated rings. The molecule has 15 heavy (non-hydrogen) atoms. The van der Waals surface area contributed by atoms with E-state index in [1.54, 1.807) is 37.3 Å². The second-order valence-corrected chi connectivity index (χ2v) is 5.01. The molecular weight excluding hydrogens is 212 g/mol. The highest BCUT2D eigenvalue weighted by Crippen LogP contribution is 2.12. The highest BCUT2D eigenvalue weighted by Gasteiger charge is 2.15. The minimum absolute atomic E-state index is 0.266. The van der Waals surface area contributed by atoms with Gasteiger partial charge in [-0.25, -0.2) is 17.4 Å². The van der Waals surface area contributed by atoms with E-state index in [0.717, 1.165) is 3.97 Å². The molecule has 2 rings (SSSR count). The second kappa shape index (κ2) is 3.51. The SMILES string of the molecule is Cc1cn(S(=O)(=O)c2ccccc2)cn1. The van der Waals surface area contributed by atoms with E-state index in [1.807, 2.05) is 0 Å². The molecule has 0 bridgehead atoms. The molecule has 0 unspecified atom stereocenters. The van der Waals surface area contributed by atoms with Gasteiger partial charge in [-0.2, -0.15) is 0 Å². The summed E-state index contributed by atoms with van der Waals surface area (Å²) in [5, 5.41) is 0. The Bertz CT molecular complexity index is 558. The van der Waals surface area contributed by atoms with Gasteiger partial charge in [-0.3, -0.25) is 0 Å². The topological polar surface area (TPSA) is 52.0 Å². The van der Waals surface area contributed by atoms with E-state index in [-0.39, 0.29) is 4.90 Å². The third-order valence-electron chi connectivity index (χ3n) is 2.01. The van der Waals surface area contributed by atoms with Crippen molar-refractivity contribution in [3.63, 3.8) is 0 Å². The van der Waals surface area contributed by atoms with Gasteiger partial charge in [0.25, 0.3) is 10.0 Å². The van der Waals surface area contributed by atoms with Crippen LogP contribution in [0.15, 0.2) is 47.8 Å². The summed E-state index contributed by atoms with van der Waals surface area (Å²) in [4.78, 5) is 4.16. The van der Waals surface area contributed by atoms with Crippen molar-refractivity contribution >= 4 is 10.0 Å². The van der Waals surface area contributed by atoms with Crippen LogP contribution in [0.25, 0.3) is 0 Å². The van der Waals surface area contributed by atoms with E-state index in [2.05, 4.69) is 4.98 Å². The van der Waals surface area contributed by atoms with E-state index >= 15 is 0 Å². The van der Waals surface area contributed by atoms with Gasteiger partial charge in [0, 0.05) is 6.20 Å². The summed E-state index contributed by atoms with van der Waals surface area (Å²) in [7, 11) is -3.46. The second-order valence-electron chi connectivity index (χ2n) is 3.16. The molecule has 0 aliphatic rings. The summed E-state index contributed by atoms with van der Waals surface area (Å²) in [6, 6.07) is 8.28. The molecule has 1 aromatic carbocycles. The summed E-state index contributed by atoms with van der Waals surface area (Å²) in [6.07, 6.45) is 2.79. The van der Waals surface area contributed by atoms with Crippen molar-refractivity contribution in [1.82, 2.24) is 8.96 Å². The normalized spacial score (nSPS) is 11.5. The van der Waals surface area contributed by atoms with Gasteiger partial charge in [0.05, 0.1) is 10.6 Å². The fraction of sp³-hybridized carbons (Fsp3) is 0.100. The van der Waals surface area contributed by atoms with Crippen LogP contribution < -0.4 is 0 Å². The zero-order valence-electron chi connectivity index (χ0n) is 8.16. The van der Waals surface area contributed by atoms with E-state index in [9.17, 15) is 8.42 Å². The van der Waals surface area contributed by atoms with E-state index in [1.165, 1.54) is 12.5 Å². The predicted molar refractivity (Wildman–Crippen MR) is 56.0 cm³/mol. The number of hydrogen-bond donors (Lipinski definition) is 0. The number of nitrogens with zero attached hydrogens (tertiary/aromatic N) is 2. The van der Waals surface area contributed by atoms with Crippen molar-refractivity contribution in [3.05, 3.63) is 48.5 Å². The molecular formula is C10H10N2O2S. The Morgan fingerprint density at radius 1 is 1.20 bits per heavy atom. The Kier molecular flexibility index (Phi) is 2.32. The average Bonchev–Trinajstić information content (AvgIpc) is 2.67. The fourth-order valence-corrected chi connectivity index (χ4v) is 2.45. The van der Waals surface area contributed by atoms with Crippen LogP contribution in [0, 0.1) is 6.92 Å². The lowest BCUT2D eigenvalue weighted by Gasteiger charge is -2.03. The highest BCUT2D eigenvalue weighted by atomic mass is 32.2. The van der Waals surface area contributed by atoms with Gasteiger partial charge < -0.3 is 0 Å². The first-order chi connectivity index (χ1) is 7.10. The van der Waals surface area contributed by atoms with Crippen LogP contribution in [0.1, 0.15) is 5.69 Å². The quantitative estimate of drug-likeness (QED) is 0.772. The first-order valence-corrected chi connectivity index (χ1v) is 5.86. The molecule has 0 atom stereocenters. The monoisotopic (exact) mass is 222 g/mol. The zero-order valence-corrected chi connectivity index (χ0v) is 8.98. The Morgan fingerprint density at radius 2 is 1.87 bits per heavy atom. The molecule has 1 aromatic heterocycles. The van der Waals surface area contributed by atoms with E-state index < -0.39 is 10.0 Å². The van der Waals surface area contributed by atoms with Crippen LogP contribution in [-0.2, 0) is 10.0 Å². The molecule has 0 radical (unpaired) electrons. The Balaban J connectivity index is 2.54. The molecule has 4 nitrogen and oxygen atoms in total. The fourth-order valence-electron chi connectivity index (χ4n) is 1.24. The molecule has 0 saturated heterocycles. The number of aromatic nitrogens is 2. The van der Waals surface area contributed by atoms with Gasteiger partial charge in [-0.1, -0.05) is 18.2 Å². The lowest BCUT2D eigenvalue weighted by Crippen LogP contribution is -2.10. The van der Waals surface area contributed by atoms with E-state index in [0.29, 0.717) is 5.69 Å². The van der Waals surface area contributed by atoms with Crippen LogP contribution in [0.4, 0.5) is 0 Å². The maximum atomic E-state index is 12.0. The van der Waals surface area contributed by atoms with Crippen LogP contribution in [-0.4, -0.2) is 17.4 Å². The smallest absolute Gasteiger partial charge is 0.241 e. The Labute approximate surface area is 88.3 Å².